The number of amides is 1. The molecule has 1 aromatic rings. The third-order valence-electron chi connectivity index (χ3n) is 2.89. The molecule has 0 saturated heterocycles. The SMILES string of the molecule is CCCN(CC(=O)NC)c1ccc(C(F)(F)F)cc1C#N. The lowest BCUT2D eigenvalue weighted by atomic mass is 10.1. The molecule has 1 amide bonds. The van der Waals surface area contributed by atoms with Crippen LogP contribution in [-0.4, -0.2) is 26.0 Å². The fourth-order valence-electron chi connectivity index (χ4n) is 1.88. The van der Waals surface area contributed by atoms with Crippen molar-refractivity contribution in [3.63, 3.8) is 0 Å². The summed E-state index contributed by atoms with van der Waals surface area (Å²) in [5.74, 6) is -0.271. The second kappa shape index (κ2) is 6.97. The van der Waals surface area contributed by atoms with E-state index < -0.39 is 11.7 Å². The number of benzene rings is 1. The Bertz CT molecular complexity index is 549. The Kier molecular flexibility index (Phi) is 5.59. The van der Waals surface area contributed by atoms with Crippen molar-refractivity contribution in [3.8, 4) is 6.07 Å². The van der Waals surface area contributed by atoms with Crippen LogP contribution in [0.1, 0.15) is 24.5 Å². The van der Waals surface area contributed by atoms with Gasteiger partial charge in [-0.05, 0) is 24.6 Å². The van der Waals surface area contributed by atoms with Crippen LogP contribution in [0, 0.1) is 11.3 Å². The smallest absolute Gasteiger partial charge is 0.361 e. The van der Waals surface area contributed by atoms with Gasteiger partial charge in [0.1, 0.15) is 6.07 Å². The van der Waals surface area contributed by atoms with Gasteiger partial charge in [0, 0.05) is 13.6 Å². The number of nitriles is 1. The topological polar surface area (TPSA) is 56.1 Å². The zero-order valence-electron chi connectivity index (χ0n) is 11.8. The van der Waals surface area contributed by atoms with Gasteiger partial charge < -0.3 is 10.2 Å². The Morgan fingerprint density at radius 3 is 2.57 bits per heavy atom. The van der Waals surface area contributed by atoms with Crippen LogP contribution in [0.3, 0.4) is 0 Å². The van der Waals surface area contributed by atoms with Gasteiger partial charge in [0.25, 0.3) is 0 Å². The lowest BCUT2D eigenvalue weighted by Gasteiger charge is -2.25. The van der Waals surface area contributed by atoms with Crippen molar-refractivity contribution in [2.75, 3.05) is 25.0 Å². The molecule has 0 aliphatic heterocycles. The maximum absolute atomic E-state index is 12.7. The highest BCUT2D eigenvalue weighted by atomic mass is 19.4. The van der Waals surface area contributed by atoms with E-state index in [4.69, 9.17) is 5.26 Å². The summed E-state index contributed by atoms with van der Waals surface area (Å²) in [6, 6.07) is 4.73. The monoisotopic (exact) mass is 299 g/mol. The summed E-state index contributed by atoms with van der Waals surface area (Å²) < 4.78 is 38.0. The van der Waals surface area contributed by atoms with Gasteiger partial charge in [0.05, 0.1) is 23.4 Å². The lowest BCUT2D eigenvalue weighted by Crippen LogP contribution is -2.36. The largest absolute Gasteiger partial charge is 0.416 e. The van der Waals surface area contributed by atoms with Crippen molar-refractivity contribution in [1.82, 2.24) is 5.32 Å². The Hall–Kier alpha value is -2.23. The van der Waals surface area contributed by atoms with Gasteiger partial charge >= 0.3 is 6.18 Å². The predicted octanol–water partition coefficient (Wildman–Crippen LogP) is 2.54. The van der Waals surface area contributed by atoms with E-state index in [1.165, 1.54) is 13.1 Å². The number of hydrogen-bond acceptors (Lipinski definition) is 3. The van der Waals surface area contributed by atoms with Gasteiger partial charge in [-0.2, -0.15) is 18.4 Å². The summed E-state index contributed by atoms with van der Waals surface area (Å²) >= 11 is 0. The number of rotatable bonds is 5. The number of nitrogens with zero attached hydrogens (tertiary/aromatic N) is 2. The van der Waals surface area contributed by atoms with Crippen molar-refractivity contribution in [3.05, 3.63) is 29.3 Å². The first-order valence-electron chi connectivity index (χ1n) is 6.40. The molecular formula is C14H16F3N3O. The van der Waals surface area contributed by atoms with Crippen molar-refractivity contribution in [2.24, 2.45) is 0 Å². The molecule has 0 fully saturated rings. The van der Waals surface area contributed by atoms with Gasteiger partial charge in [0.15, 0.2) is 0 Å². The first-order chi connectivity index (χ1) is 9.83. The number of alkyl halides is 3. The van der Waals surface area contributed by atoms with E-state index in [1.54, 1.807) is 11.0 Å². The number of anilines is 1. The number of likely N-dealkylation sites (N-methyl/N-ethyl adjacent to an activating group) is 1. The molecular weight excluding hydrogens is 283 g/mol. The fraction of sp³-hybridized carbons (Fsp3) is 0.429. The summed E-state index contributed by atoms with van der Waals surface area (Å²) in [4.78, 5) is 13.1. The molecule has 1 aromatic carbocycles. The van der Waals surface area contributed by atoms with Crippen LogP contribution in [0.15, 0.2) is 18.2 Å². The highest BCUT2D eigenvalue weighted by Crippen LogP contribution is 2.32. The number of hydrogen-bond donors (Lipinski definition) is 1. The molecule has 0 spiro atoms. The van der Waals surface area contributed by atoms with E-state index >= 15 is 0 Å². The van der Waals surface area contributed by atoms with Gasteiger partial charge in [0.2, 0.25) is 5.91 Å². The van der Waals surface area contributed by atoms with Crippen molar-refractivity contribution in [2.45, 2.75) is 19.5 Å². The van der Waals surface area contributed by atoms with Crippen LogP contribution in [0.5, 0.6) is 0 Å². The highest BCUT2D eigenvalue weighted by molar-refractivity contribution is 5.81. The van der Waals surface area contributed by atoms with Crippen LogP contribution in [0.4, 0.5) is 18.9 Å². The average Bonchev–Trinajstić information content (AvgIpc) is 2.45. The normalized spacial score (nSPS) is 10.9. The van der Waals surface area contributed by atoms with E-state index in [0.29, 0.717) is 18.7 Å². The molecule has 1 rings (SSSR count). The summed E-state index contributed by atoms with van der Waals surface area (Å²) in [6.45, 7) is 2.34. The molecule has 0 bridgehead atoms. The first-order valence-corrected chi connectivity index (χ1v) is 6.40. The molecule has 7 heteroatoms. The van der Waals surface area contributed by atoms with Gasteiger partial charge in [-0.25, -0.2) is 0 Å². The summed E-state index contributed by atoms with van der Waals surface area (Å²) in [5.41, 5.74) is -0.641. The zero-order chi connectivity index (χ0) is 16.0. The number of carbonyl (C=O) groups is 1. The predicted molar refractivity (Wildman–Crippen MR) is 72.7 cm³/mol. The van der Waals surface area contributed by atoms with Crippen LogP contribution in [-0.2, 0) is 11.0 Å². The van der Waals surface area contributed by atoms with Crippen molar-refractivity contribution in [1.29, 1.82) is 5.26 Å². The molecule has 0 unspecified atom stereocenters. The second-order valence-electron chi connectivity index (χ2n) is 4.44. The minimum Gasteiger partial charge on any atom is -0.361 e. The zero-order valence-corrected chi connectivity index (χ0v) is 11.8. The molecule has 0 saturated carbocycles. The number of halogens is 3. The summed E-state index contributed by atoms with van der Waals surface area (Å²) in [5, 5.41) is 11.5. The maximum Gasteiger partial charge on any atom is 0.416 e. The van der Waals surface area contributed by atoms with Crippen LogP contribution < -0.4 is 10.2 Å². The lowest BCUT2D eigenvalue weighted by molar-refractivity contribution is -0.137. The van der Waals surface area contributed by atoms with E-state index in [0.717, 1.165) is 12.1 Å². The molecule has 4 nitrogen and oxygen atoms in total. The quantitative estimate of drug-likeness (QED) is 0.909. The van der Waals surface area contributed by atoms with E-state index in [-0.39, 0.29) is 18.0 Å². The Morgan fingerprint density at radius 1 is 1.43 bits per heavy atom. The molecule has 0 aromatic heterocycles. The third-order valence-corrected chi connectivity index (χ3v) is 2.89. The molecule has 0 aliphatic carbocycles. The number of nitrogens with one attached hydrogen (secondary N) is 1. The van der Waals surface area contributed by atoms with Gasteiger partial charge in [-0.15, -0.1) is 0 Å². The molecule has 0 atom stereocenters. The van der Waals surface area contributed by atoms with E-state index in [2.05, 4.69) is 5.32 Å². The standard InChI is InChI=1S/C14H16F3N3O/c1-3-6-20(9-13(21)19-2)12-5-4-11(14(15,16)17)7-10(12)8-18/h4-5,7H,3,6,9H2,1-2H3,(H,19,21). The Morgan fingerprint density at radius 2 is 2.10 bits per heavy atom. The van der Waals surface area contributed by atoms with E-state index in [1.807, 2.05) is 6.92 Å². The first kappa shape index (κ1) is 16.8. The molecule has 0 radical (unpaired) electrons. The Balaban J connectivity index is 3.20. The summed E-state index contributed by atoms with van der Waals surface area (Å²) in [7, 11) is 1.48. The van der Waals surface area contributed by atoms with E-state index in [9.17, 15) is 18.0 Å². The maximum atomic E-state index is 12.7. The molecule has 1 N–H and O–H groups in total. The average molecular weight is 299 g/mol. The molecule has 0 heterocycles. The van der Waals surface area contributed by atoms with Crippen LogP contribution in [0.25, 0.3) is 0 Å². The van der Waals surface area contributed by atoms with Crippen molar-refractivity contribution < 1.29 is 18.0 Å². The second-order valence-corrected chi connectivity index (χ2v) is 4.44. The molecule has 21 heavy (non-hydrogen) atoms. The fourth-order valence-corrected chi connectivity index (χ4v) is 1.88. The number of carbonyl (C=O) groups excluding carboxylic acids is 1. The highest BCUT2D eigenvalue weighted by Gasteiger charge is 2.31. The molecule has 0 aliphatic rings. The third kappa shape index (κ3) is 4.38. The van der Waals surface area contributed by atoms with Crippen molar-refractivity contribution >= 4 is 11.6 Å². The van der Waals surface area contributed by atoms with Gasteiger partial charge in [-0.3, -0.25) is 4.79 Å². The minimum atomic E-state index is -4.50. The molecule has 114 valence electrons. The summed E-state index contributed by atoms with van der Waals surface area (Å²) in [6.07, 6.45) is -3.80. The van der Waals surface area contributed by atoms with Crippen LogP contribution in [0.2, 0.25) is 0 Å². The van der Waals surface area contributed by atoms with Crippen LogP contribution >= 0.6 is 0 Å². The Labute approximate surface area is 121 Å². The van der Waals surface area contributed by atoms with Gasteiger partial charge in [-0.1, -0.05) is 6.92 Å². The minimum absolute atomic E-state index is 0.00954.